The summed E-state index contributed by atoms with van der Waals surface area (Å²) in [5.74, 6) is 0.203. The molecular formula is C15H24N2O4. The second kappa shape index (κ2) is 9.18. The molecule has 1 heterocycles. The topological polar surface area (TPSA) is 71.8 Å². The van der Waals surface area contributed by atoms with Gasteiger partial charge in [0.25, 0.3) is 5.91 Å². The molecule has 1 rings (SSSR count). The second-order valence-electron chi connectivity index (χ2n) is 5.24. The number of nitrogens with zero attached hydrogens (tertiary/aromatic N) is 1. The number of carbonyl (C=O) groups is 2. The Kier molecular flexibility index (Phi) is 7.53. The monoisotopic (exact) mass is 296 g/mol. The van der Waals surface area contributed by atoms with E-state index in [1.54, 1.807) is 18.1 Å². The third kappa shape index (κ3) is 6.44. The minimum Gasteiger partial charge on any atom is -0.472 e. The van der Waals surface area contributed by atoms with E-state index >= 15 is 0 Å². The quantitative estimate of drug-likeness (QED) is 0.750. The van der Waals surface area contributed by atoms with E-state index in [9.17, 15) is 9.59 Å². The Morgan fingerprint density at radius 3 is 2.71 bits per heavy atom. The summed E-state index contributed by atoms with van der Waals surface area (Å²) in [4.78, 5) is 25.6. The van der Waals surface area contributed by atoms with Gasteiger partial charge in [0.1, 0.15) is 6.26 Å². The van der Waals surface area contributed by atoms with Crippen LogP contribution in [0.1, 0.15) is 30.6 Å². The number of hydrogen-bond donors (Lipinski definition) is 1. The molecule has 0 radical (unpaired) electrons. The van der Waals surface area contributed by atoms with Crippen LogP contribution >= 0.6 is 0 Å². The maximum Gasteiger partial charge on any atom is 0.257 e. The van der Waals surface area contributed by atoms with Crippen LogP contribution < -0.4 is 5.32 Å². The molecule has 0 unspecified atom stereocenters. The zero-order valence-corrected chi connectivity index (χ0v) is 12.9. The number of carbonyl (C=O) groups excluding carboxylic acids is 2. The van der Waals surface area contributed by atoms with Gasteiger partial charge in [0.15, 0.2) is 0 Å². The van der Waals surface area contributed by atoms with E-state index in [4.69, 9.17) is 9.15 Å². The Morgan fingerprint density at radius 2 is 2.14 bits per heavy atom. The Hall–Kier alpha value is -1.82. The third-order valence-corrected chi connectivity index (χ3v) is 2.94. The second-order valence-corrected chi connectivity index (χ2v) is 5.24. The normalized spacial score (nSPS) is 10.7. The molecule has 2 amide bonds. The van der Waals surface area contributed by atoms with E-state index in [1.165, 1.54) is 12.5 Å². The number of nitrogens with one attached hydrogen (secondary N) is 1. The van der Waals surface area contributed by atoms with Crippen molar-refractivity contribution in [2.75, 3.05) is 33.4 Å². The van der Waals surface area contributed by atoms with Gasteiger partial charge < -0.3 is 19.4 Å². The number of hydrogen-bond acceptors (Lipinski definition) is 4. The summed E-state index contributed by atoms with van der Waals surface area (Å²) >= 11 is 0. The Labute approximate surface area is 125 Å². The predicted molar refractivity (Wildman–Crippen MR) is 79.0 cm³/mol. The van der Waals surface area contributed by atoms with Crippen LogP contribution in [-0.4, -0.2) is 50.1 Å². The summed E-state index contributed by atoms with van der Waals surface area (Å²) < 4.78 is 9.93. The average molecular weight is 296 g/mol. The van der Waals surface area contributed by atoms with Crippen LogP contribution in [0.5, 0.6) is 0 Å². The van der Waals surface area contributed by atoms with Crippen molar-refractivity contribution >= 4 is 11.8 Å². The van der Waals surface area contributed by atoms with Crippen molar-refractivity contribution in [2.45, 2.75) is 20.3 Å². The van der Waals surface area contributed by atoms with Crippen molar-refractivity contribution in [3.63, 3.8) is 0 Å². The highest BCUT2D eigenvalue weighted by molar-refractivity contribution is 5.94. The highest BCUT2D eigenvalue weighted by atomic mass is 16.5. The minimum atomic E-state index is -0.155. The third-order valence-electron chi connectivity index (χ3n) is 2.94. The molecule has 0 saturated heterocycles. The largest absolute Gasteiger partial charge is 0.472 e. The van der Waals surface area contributed by atoms with Gasteiger partial charge in [-0.1, -0.05) is 13.8 Å². The molecule has 1 N–H and O–H groups in total. The SMILES string of the molecule is COCCN(CCC(=O)NCC(C)C)C(=O)c1ccoc1. The van der Waals surface area contributed by atoms with Gasteiger partial charge in [0.05, 0.1) is 18.4 Å². The lowest BCUT2D eigenvalue weighted by Crippen LogP contribution is -2.37. The lowest BCUT2D eigenvalue weighted by molar-refractivity contribution is -0.121. The van der Waals surface area contributed by atoms with E-state index in [0.29, 0.717) is 37.7 Å². The molecule has 0 saturated carbocycles. The number of ether oxygens (including phenoxy) is 1. The molecule has 0 aliphatic carbocycles. The van der Waals surface area contributed by atoms with Crippen LogP contribution in [-0.2, 0) is 9.53 Å². The lowest BCUT2D eigenvalue weighted by atomic mass is 10.2. The molecule has 0 bridgehead atoms. The summed E-state index contributed by atoms with van der Waals surface area (Å²) in [6.45, 7) is 5.94. The maximum atomic E-state index is 12.3. The van der Waals surface area contributed by atoms with Gasteiger partial charge in [-0.25, -0.2) is 0 Å². The number of furan rings is 1. The van der Waals surface area contributed by atoms with Gasteiger partial charge in [-0.3, -0.25) is 9.59 Å². The number of amides is 2. The molecule has 0 aromatic carbocycles. The fourth-order valence-electron chi connectivity index (χ4n) is 1.73. The van der Waals surface area contributed by atoms with Crippen LogP contribution in [0.3, 0.4) is 0 Å². The summed E-state index contributed by atoms with van der Waals surface area (Å²) in [5, 5.41) is 2.84. The Morgan fingerprint density at radius 1 is 1.38 bits per heavy atom. The molecule has 0 spiro atoms. The molecule has 1 aromatic rings. The first kappa shape index (κ1) is 17.2. The van der Waals surface area contributed by atoms with Crippen molar-refractivity contribution in [3.8, 4) is 0 Å². The first-order valence-corrected chi connectivity index (χ1v) is 7.11. The fourth-order valence-corrected chi connectivity index (χ4v) is 1.73. The van der Waals surface area contributed by atoms with Crippen molar-refractivity contribution in [1.82, 2.24) is 10.2 Å². The molecule has 6 nitrogen and oxygen atoms in total. The minimum absolute atomic E-state index is 0.0499. The maximum absolute atomic E-state index is 12.3. The van der Waals surface area contributed by atoms with Gasteiger partial charge in [-0.05, 0) is 12.0 Å². The van der Waals surface area contributed by atoms with Crippen molar-refractivity contribution in [3.05, 3.63) is 24.2 Å². The van der Waals surface area contributed by atoms with E-state index in [-0.39, 0.29) is 18.2 Å². The van der Waals surface area contributed by atoms with Gasteiger partial charge >= 0.3 is 0 Å². The van der Waals surface area contributed by atoms with Crippen LogP contribution in [0, 0.1) is 5.92 Å². The Bertz CT molecular complexity index is 429. The smallest absolute Gasteiger partial charge is 0.257 e. The van der Waals surface area contributed by atoms with Crippen molar-refractivity contribution in [1.29, 1.82) is 0 Å². The van der Waals surface area contributed by atoms with Crippen LogP contribution in [0.2, 0.25) is 0 Å². The summed E-state index contributed by atoms with van der Waals surface area (Å²) in [7, 11) is 1.58. The number of methoxy groups -OCH3 is 1. The molecule has 0 aliphatic heterocycles. The molecule has 6 heteroatoms. The lowest BCUT2D eigenvalue weighted by Gasteiger charge is -2.21. The highest BCUT2D eigenvalue weighted by Crippen LogP contribution is 2.06. The van der Waals surface area contributed by atoms with Crippen LogP contribution in [0.25, 0.3) is 0 Å². The zero-order valence-electron chi connectivity index (χ0n) is 12.9. The average Bonchev–Trinajstić information content (AvgIpc) is 2.98. The van der Waals surface area contributed by atoms with Gasteiger partial charge in [-0.15, -0.1) is 0 Å². The molecular weight excluding hydrogens is 272 g/mol. The zero-order chi connectivity index (χ0) is 15.7. The van der Waals surface area contributed by atoms with E-state index in [0.717, 1.165) is 0 Å². The molecule has 118 valence electrons. The first-order chi connectivity index (χ1) is 10.0. The summed E-state index contributed by atoms with van der Waals surface area (Å²) in [5.41, 5.74) is 0.480. The van der Waals surface area contributed by atoms with Gasteiger partial charge in [0.2, 0.25) is 5.91 Å². The summed E-state index contributed by atoms with van der Waals surface area (Å²) in [6, 6.07) is 1.61. The molecule has 0 fully saturated rings. The fraction of sp³-hybridized carbons (Fsp3) is 0.600. The van der Waals surface area contributed by atoms with Crippen LogP contribution in [0.4, 0.5) is 0 Å². The molecule has 1 aromatic heterocycles. The van der Waals surface area contributed by atoms with Gasteiger partial charge in [-0.2, -0.15) is 0 Å². The highest BCUT2D eigenvalue weighted by Gasteiger charge is 2.17. The number of rotatable bonds is 9. The van der Waals surface area contributed by atoms with Crippen LogP contribution in [0.15, 0.2) is 23.0 Å². The van der Waals surface area contributed by atoms with E-state index < -0.39 is 0 Å². The summed E-state index contributed by atoms with van der Waals surface area (Å²) in [6.07, 6.45) is 3.14. The van der Waals surface area contributed by atoms with Crippen molar-refractivity contribution in [2.24, 2.45) is 5.92 Å². The molecule has 0 atom stereocenters. The Balaban J connectivity index is 2.50. The van der Waals surface area contributed by atoms with Crippen molar-refractivity contribution < 1.29 is 18.7 Å². The first-order valence-electron chi connectivity index (χ1n) is 7.11. The van der Waals surface area contributed by atoms with E-state index in [1.807, 2.05) is 13.8 Å². The standard InChI is InChI=1S/C15H24N2O4/c1-12(2)10-16-14(18)4-6-17(7-9-20-3)15(19)13-5-8-21-11-13/h5,8,11-12H,4,6-7,9-10H2,1-3H3,(H,16,18). The van der Waals surface area contributed by atoms with E-state index in [2.05, 4.69) is 5.32 Å². The molecule has 0 aliphatic rings. The van der Waals surface area contributed by atoms with Gasteiger partial charge in [0, 0.05) is 33.2 Å². The predicted octanol–water partition coefficient (Wildman–Crippen LogP) is 1.53. The molecule has 21 heavy (non-hydrogen) atoms.